The van der Waals surface area contributed by atoms with Crippen molar-refractivity contribution in [3.63, 3.8) is 0 Å². The van der Waals surface area contributed by atoms with E-state index in [-0.39, 0.29) is 21.2 Å². The van der Waals surface area contributed by atoms with Gasteiger partial charge in [0.15, 0.2) is 0 Å². The molecule has 3 rings (SSSR count). The highest BCUT2D eigenvalue weighted by Gasteiger charge is 2.29. The van der Waals surface area contributed by atoms with Gasteiger partial charge in [0.1, 0.15) is 0 Å². The predicted molar refractivity (Wildman–Crippen MR) is 92.7 cm³/mol. The molecule has 1 N–H and O–H groups in total. The van der Waals surface area contributed by atoms with Crippen molar-refractivity contribution in [2.24, 2.45) is 0 Å². The topological polar surface area (TPSA) is 81.3 Å². The van der Waals surface area contributed by atoms with Gasteiger partial charge in [-0.1, -0.05) is 35.3 Å². The fraction of sp³-hybridized carbons (Fsp3) is 0.118. The minimum Gasteiger partial charge on any atom is -0.466 e. The van der Waals surface area contributed by atoms with Crippen LogP contribution in [0.2, 0.25) is 10.0 Å². The number of nitrogens with zero attached hydrogens (tertiary/aromatic N) is 1. The number of ether oxygens (including phenoxy) is 2. The zero-order valence-corrected chi connectivity index (χ0v) is 14.5. The molecular weight excluding hydrogens is 367 g/mol. The molecule has 0 aliphatic heterocycles. The number of aromatic amines is 1. The van der Waals surface area contributed by atoms with Crippen molar-refractivity contribution in [3.8, 4) is 0 Å². The third kappa shape index (κ3) is 3.45. The fourth-order valence-corrected chi connectivity index (χ4v) is 2.70. The Kier molecular flexibility index (Phi) is 4.92. The van der Waals surface area contributed by atoms with Crippen LogP contribution < -0.4 is 0 Å². The molecule has 6 nitrogen and oxygen atoms in total. The van der Waals surface area contributed by atoms with E-state index in [2.05, 4.69) is 9.97 Å². The molecule has 0 saturated carbocycles. The van der Waals surface area contributed by atoms with Gasteiger partial charge < -0.3 is 14.5 Å². The fourth-order valence-electron chi connectivity index (χ4n) is 2.29. The molecule has 0 fully saturated rings. The smallest absolute Gasteiger partial charge is 0.352 e. The van der Waals surface area contributed by atoms with Crippen molar-refractivity contribution in [1.82, 2.24) is 9.97 Å². The van der Waals surface area contributed by atoms with Gasteiger partial charge in [-0.15, -0.1) is 0 Å². The normalized spacial score (nSPS) is 12.0. The van der Waals surface area contributed by atoms with Crippen molar-refractivity contribution < 1.29 is 19.1 Å². The van der Waals surface area contributed by atoms with Crippen LogP contribution in [0.4, 0.5) is 0 Å². The summed E-state index contributed by atoms with van der Waals surface area (Å²) in [5.74, 6) is -1.51. The number of methoxy groups -OCH3 is 1. The number of H-pyrrole nitrogens is 1. The summed E-state index contributed by atoms with van der Waals surface area (Å²) in [6, 6.07) is 8.05. The zero-order valence-electron chi connectivity index (χ0n) is 13.0. The number of rotatable bonds is 4. The van der Waals surface area contributed by atoms with Crippen LogP contribution in [0.3, 0.4) is 0 Å². The Morgan fingerprint density at radius 1 is 1.24 bits per heavy atom. The number of carbonyl (C=O) groups excluding carboxylic acids is 2. The van der Waals surface area contributed by atoms with Crippen LogP contribution in [0.25, 0.3) is 11.0 Å². The first-order chi connectivity index (χ1) is 12.0. The Balaban J connectivity index is 1.93. The highest BCUT2D eigenvalue weighted by Crippen LogP contribution is 2.33. The van der Waals surface area contributed by atoms with E-state index in [1.54, 1.807) is 30.5 Å². The third-order valence-corrected chi connectivity index (χ3v) is 4.37. The zero-order chi connectivity index (χ0) is 18.0. The van der Waals surface area contributed by atoms with E-state index in [1.165, 1.54) is 19.4 Å². The highest BCUT2D eigenvalue weighted by molar-refractivity contribution is 6.42. The van der Waals surface area contributed by atoms with Crippen LogP contribution in [0.15, 0.2) is 42.7 Å². The molecule has 0 aliphatic carbocycles. The number of nitrogens with one attached hydrogen (secondary N) is 1. The van der Waals surface area contributed by atoms with Gasteiger partial charge in [0.25, 0.3) is 0 Å². The summed E-state index contributed by atoms with van der Waals surface area (Å²) in [6.07, 6.45) is 1.73. The Morgan fingerprint density at radius 2 is 2.04 bits per heavy atom. The molecule has 0 spiro atoms. The quantitative estimate of drug-likeness (QED) is 0.695. The number of hydrogen-bond acceptors (Lipinski definition) is 5. The lowest BCUT2D eigenvalue weighted by molar-refractivity contribution is -0.151. The maximum absolute atomic E-state index is 12.5. The molecule has 1 aromatic carbocycles. The van der Waals surface area contributed by atoms with E-state index in [1.807, 2.05) is 0 Å². The molecule has 3 aromatic rings. The molecule has 128 valence electrons. The van der Waals surface area contributed by atoms with Crippen molar-refractivity contribution in [2.45, 2.75) is 6.10 Å². The molecule has 1 unspecified atom stereocenters. The van der Waals surface area contributed by atoms with Gasteiger partial charge in [-0.3, -0.25) is 4.98 Å². The van der Waals surface area contributed by atoms with E-state index in [4.69, 9.17) is 32.7 Å². The number of esters is 2. The molecule has 2 heterocycles. The van der Waals surface area contributed by atoms with Crippen LogP contribution in [0.5, 0.6) is 0 Å². The van der Waals surface area contributed by atoms with E-state index in [9.17, 15) is 9.59 Å². The molecule has 0 aliphatic rings. The summed E-state index contributed by atoms with van der Waals surface area (Å²) in [7, 11) is 1.19. The van der Waals surface area contributed by atoms with Gasteiger partial charge in [0.05, 0.1) is 33.8 Å². The Labute approximate surface area is 152 Å². The van der Waals surface area contributed by atoms with Crippen LogP contribution in [0.1, 0.15) is 22.0 Å². The van der Waals surface area contributed by atoms with Gasteiger partial charge >= 0.3 is 11.9 Å². The standard InChI is InChI=1S/C17H12Cl2N2O4/c1-24-17(23)15(10-3-2-4-11(18)14(10)19)25-16(22)9-7-13-12(21-8-9)5-6-20-13/h2-8,15,20H,1H3. The van der Waals surface area contributed by atoms with Gasteiger partial charge in [0.2, 0.25) is 6.10 Å². The molecule has 1 atom stereocenters. The minimum atomic E-state index is -1.34. The lowest BCUT2D eigenvalue weighted by Crippen LogP contribution is -2.21. The molecule has 0 amide bonds. The second-order valence-electron chi connectivity index (χ2n) is 5.09. The number of carbonyl (C=O) groups is 2. The van der Waals surface area contributed by atoms with Crippen molar-refractivity contribution in [2.75, 3.05) is 7.11 Å². The third-order valence-electron chi connectivity index (χ3n) is 3.54. The average molecular weight is 379 g/mol. The number of pyridine rings is 1. The molecule has 2 aromatic heterocycles. The van der Waals surface area contributed by atoms with Crippen molar-refractivity contribution >= 4 is 46.2 Å². The molecule has 0 saturated heterocycles. The molecule has 25 heavy (non-hydrogen) atoms. The lowest BCUT2D eigenvalue weighted by atomic mass is 10.1. The maximum atomic E-state index is 12.5. The Hall–Kier alpha value is -2.57. The second-order valence-corrected chi connectivity index (χ2v) is 5.87. The summed E-state index contributed by atoms with van der Waals surface area (Å²) in [6.45, 7) is 0. The summed E-state index contributed by atoms with van der Waals surface area (Å²) >= 11 is 12.1. The van der Waals surface area contributed by atoms with Gasteiger partial charge in [-0.05, 0) is 18.2 Å². The number of hydrogen-bond donors (Lipinski definition) is 1. The van der Waals surface area contributed by atoms with E-state index < -0.39 is 18.0 Å². The lowest BCUT2D eigenvalue weighted by Gasteiger charge is -2.17. The number of fused-ring (bicyclic) bond motifs is 1. The van der Waals surface area contributed by atoms with Crippen molar-refractivity contribution in [3.05, 3.63) is 63.9 Å². The summed E-state index contributed by atoms with van der Waals surface area (Å²) in [5, 5.41) is 0.351. The van der Waals surface area contributed by atoms with Crippen LogP contribution >= 0.6 is 23.2 Å². The first-order valence-electron chi connectivity index (χ1n) is 7.17. The Morgan fingerprint density at radius 3 is 2.80 bits per heavy atom. The molecular formula is C17H12Cl2N2O4. The van der Waals surface area contributed by atoms with E-state index in [0.717, 1.165) is 0 Å². The van der Waals surface area contributed by atoms with Crippen LogP contribution in [-0.2, 0) is 14.3 Å². The average Bonchev–Trinajstić information content (AvgIpc) is 3.09. The number of aromatic nitrogens is 2. The van der Waals surface area contributed by atoms with Gasteiger partial charge in [0, 0.05) is 18.0 Å². The maximum Gasteiger partial charge on any atom is 0.352 e. The van der Waals surface area contributed by atoms with Crippen LogP contribution in [0, 0.1) is 0 Å². The first-order valence-corrected chi connectivity index (χ1v) is 7.92. The summed E-state index contributed by atoms with van der Waals surface area (Å²) in [4.78, 5) is 31.6. The van der Waals surface area contributed by atoms with Gasteiger partial charge in [-0.25, -0.2) is 9.59 Å². The van der Waals surface area contributed by atoms with Crippen LogP contribution in [-0.4, -0.2) is 29.0 Å². The number of halogens is 2. The van der Waals surface area contributed by atoms with Crippen molar-refractivity contribution in [1.29, 1.82) is 0 Å². The molecule has 0 bridgehead atoms. The summed E-state index contributed by atoms with van der Waals surface area (Å²) < 4.78 is 10.0. The minimum absolute atomic E-state index is 0.116. The predicted octanol–water partition coefficient (Wildman–Crippen LogP) is 3.94. The molecule has 8 heteroatoms. The first kappa shape index (κ1) is 17.3. The van der Waals surface area contributed by atoms with Gasteiger partial charge in [-0.2, -0.15) is 0 Å². The number of benzene rings is 1. The monoisotopic (exact) mass is 378 g/mol. The Bertz CT molecular complexity index is 955. The SMILES string of the molecule is COC(=O)C(OC(=O)c1cnc2cc[nH]c2c1)c1cccc(Cl)c1Cl. The second kappa shape index (κ2) is 7.13. The van der Waals surface area contributed by atoms with E-state index >= 15 is 0 Å². The largest absolute Gasteiger partial charge is 0.466 e. The molecule has 0 radical (unpaired) electrons. The summed E-state index contributed by atoms with van der Waals surface area (Å²) in [5.41, 5.74) is 1.80. The van der Waals surface area contributed by atoms with E-state index in [0.29, 0.717) is 11.0 Å². The highest BCUT2D eigenvalue weighted by atomic mass is 35.5.